The Kier molecular flexibility index (Phi) is 8.62. The fraction of sp³-hybridized carbons (Fsp3) is 0.429. The van der Waals surface area contributed by atoms with Crippen molar-refractivity contribution in [2.24, 2.45) is 0 Å². The topological polar surface area (TPSA) is 95.7 Å². The highest BCUT2D eigenvalue weighted by molar-refractivity contribution is 7.86. The summed E-state index contributed by atoms with van der Waals surface area (Å²) in [7, 11) is -4.65. The van der Waals surface area contributed by atoms with Crippen molar-refractivity contribution in [3.63, 3.8) is 0 Å². The summed E-state index contributed by atoms with van der Waals surface area (Å²) in [5.41, 5.74) is 2.66. The quantitative estimate of drug-likeness (QED) is 0.201. The first-order valence-electron chi connectivity index (χ1n) is 16.2. The zero-order valence-corrected chi connectivity index (χ0v) is 28.4. The number of carbonyl (C=O) groups is 1. The van der Waals surface area contributed by atoms with Crippen LogP contribution in [0.4, 0.5) is 4.39 Å². The van der Waals surface area contributed by atoms with Crippen LogP contribution in [-0.2, 0) is 15.5 Å². The molecule has 1 amide bonds. The van der Waals surface area contributed by atoms with Crippen molar-refractivity contribution >= 4 is 50.3 Å². The molecule has 3 fully saturated rings. The molecule has 8 nitrogen and oxygen atoms in total. The molecule has 7 rings (SSSR count). The Bertz CT molecular complexity index is 1950. The standard InChI is InChI=1S/C35H37Cl2FN4O4S/c1-22-39-29-7-2-3-8-30(29)42(22)27-20-25-9-10-26(21-27)41(25)18-15-35(23-5-4-6-24(38)19-23)13-16-40(17-14-35)34(43)32-28(36)11-12-31(33(32)37)47(44,45)46/h2-8,11-12,19,25-27H,9-10,13-18,20-21H2,1H3,(H,44,45,46). The number of piperidine rings is 2. The van der Waals surface area contributed by atoms with Crippen molar-refractivity contribution in [3.8, 4) is 0 Å². The molecule has 0 radical (unpaired) electrons. The maximum atomic E-state index is 14.6. The van der Waals surface area contributed by atoms with E-state index in [9.17, 15) is 22.2 Å². The number of hydrogen-bond donors (Lipinski definition) is 1. The zero-order valence-electron chi connectivity index (χ0n) is 26.1. The zero-order chi connectivity index (χ0) is 33.1. The van der Waals surface area contributed by atoms with Gasteiger partial charge >= 0.3 is 0 Å². The number of aryl methyl sites for hydroxylation is 1. The second kappa shape index (κ2) is 12.5. The van der Waals surface area contributed by atoms with E-state index in [2.05, 4.69) is 34.6 Å². The van der Waals surface area contributed by atoms with E-state index >= 15 is 0 Å². The SMILES string of the molecule is Cc1nc2ccccc2n1C1CC2CCC(C1)N2CCC1(c2cccc(F)c2)CCN(C(=O)c2c(Cl)ccc(S(=O)(=O)O)c2Cl)CC1. The second-order valence-corrected chi connectivity index (χ2v) is 15.5. The van der Waals surface area contributed by atoms with E-state index in [1.54, 1.807) is 17.0 Å². The van der Waals surface area contributed by atoms with Gasteiger partial charge in [0.1, 0.15) is 16.5 Å². The van der Waals surface area contributed by atoms with E-state index in [0.29, 0.717) is 44.1 Å². The lowest BCUT2D eigenvalue weighted by Gasteiger charge is -2.45. The summed E-state index contributed by atoms with van der Waals surface area (Å²) in [6.07, 6.45) is 6.47. The van der Waals surface area contributed by atoms with Gasteiger partial charge in [-0.1, -0.05) is 47.5 Å². The van der Waals surface area contributed by atoms with Crippen molar-refractivity contribution in [3.05, 3.63) is 93.5 Å². The van der Waals surface area contributed by atoms with Gasteiger partial charge in [-0.05, 0) is 106 Å². The number of fused-ring (bicyclic) bond motifs is 3. The Morgan fingerprint density at radius 3 is 2.38 bits per heavy atom. The van der Waals surface area contributed by atoms with Crippen molar-refractivity contribution in [2.75, 3.05) is 19.6 Å². The fourth-order valence-corrected chi connectivity index (χ4v) is 9.91. The highest BCUT2D eigenvalue weighted by Gasteiger charge is 2.44. The summed E-state index contributed by atoms with van der Waals surface area (Å²) < 4.78 is 50.3. The summed E-state index contributed by atoms with van der Waals surface area (Å²) in [5.74, 6) is 0.272. The molecule has 1 aromatic heterocycles. The molecule has 2 unspecified atom stereocenters. The lowest BCUT2D eigenvalue weighted by molar-refractivity contribution is 0.0606. The van der Waals surface area contributed by atoms with E-state index in [0.717, 1.165) is 61.6 Å². The molecular formula is C35H37Cl2FN4O4S. The van der Waals surface area contributed by atoms with Gasteiger partial charge in [0.2, 0.25) is 0 Å². The van der Waals surface area contributed by atoms with E-state index in [4.69, 9.17) is 28.2 Å². The van der Waals surface area contributed by atoms with Gasteiger partial charge in [0.15, 0.2) is 0 Å². The first-order valence-corrected chi connectivity index (χ1v) is 18.3. The average molecular weight is 700 g/mol. The highest BCUT2D eigenvalue weighted by Crippen LogP contribution is 2.45. The first-order chi connectivity index (χ1) is 22.4. The number of halogens is 3. The molecule has 0 aliphatic carbocycles. The largest absolute Gasteiger partial charge is 0.338 e. The highest BCUT2D eigenvalue weighted by atomic mass is 35.5. The number of carbonyl (C=O) groups excluding carboxylic acids is 1. The Morgan fingerprint density at radius 2 is 1.70 bits per heavy atom. The predicted molar refractivity (Wildman–Crippen MR) is 180 cm³/mol. The predicted octanol–water partition coefficient (Wildman–Crippen LogP) is 7.47. The van der Waals surface area contributed by atoms with Crippen LogP contribution in [0, 0.1) is 12.7 Å². The third-order valence-electron chi connectivity index (χ3n) is 10.8. The molecule has 1 N–H and O–H groups in total. The van der Waals surface area contributed by atoms with Gasteiger partial charge in [-0.2, -0.15) is 8.42 Å². The minimum absolute atomic E-state index is 0.00660. The normalized spacial score (nSPS) is 23.0. The Hall–Kier alpha value is -3.02. The van der Waals surface area contributed by atoms with E-state index in [1.807, 2.05) is 12.1 Å². The first kappa shape index (κ1) is 32.5. The average Bonchev–Trinajstić information content (AvgIpc) is 3.49. The molecule has 4 aromatic rings. The molecule has 2 atom stereocenters. The van der Waals surface area contributed by atoms with Crippen LogP contribution in [0.1, 0.15) is 72.7 Å². The fourth-order valence-electron chi connectivity index (χ4n) is 8.52. The number of hydrogen-bond acceptors (Lipinski definition) is 5. The van der Waals surface area contributed by atoms with E-state index in [1.165, 1.54) is 17.6 Å². The van der Waals surface area contributed by atoms with Crippen molar-refractivity contribution < 1.29 is 22.2 Å². The molecule has 4 heterocycles. The van der Waals surface area contributed by atoms with Crippen LogP contribution in [0.2, 0.25) is 10.0 Å². The Morgan fingerprint density at radius 1 is 1.00 bits per heavy atom. The third kappa shape index (κ3) is 5.97. The van der Waals surface area contributed by atoms with Crippen LogP contribution in [-0.4, -0.2) is 69.9 Å². The van der Waals surface area contributed by atoms with Crippen molar-refractivity contribution in [2.45, 2.75) is 80.3 Å². The number of imidazole rings is 1. The lowest BCUT2D eigenvalue weighted by atomic mass is 9.70. The number of amides is 1. The van der Waals surface area contributed by atoms with Crippen LogP contribution in [0.3, 0.4) is 0 Å². The Labute approximate surface area is 284 Å². The maximum absolute atomic E-state index is 14.6. The molecular weight excluding hydrogens is 662 g/mol. The molecule has 248 valence electrons. The molecule has 3 saturated heterocycles. The van der Waals surface area contributed by atoms with Crippen LogP contribution in [0.25, 0.3) is 11.0 Å². The third-order valence-corrected chi connectivity index (χ3v) is 12.6. The van der Waals surface area contributed by atoms with Gasteiger partial charge in [-0.25, -0.2) is 9.37 Å². The molecule has 47 heavy (non-hydrogen) atoms. The van der Waals surface area contributed by atoms with Gasteiger partial charge in [-0.15, -0.1) is 0 Å². The monoisotopic (exact) mass is 698 g/mol. The summed E-state index contributed by atoms with van der Waals surface area (Å²) in [5, 5.41) is -0.392. The maximum Gasteiger partial charge on any atom is 0.296 e. The molecule has 3 aliphatic rings. The van der Waals surface area contributed by atoms with Gasteiger partial charge in [0.25, 0.3) is 16.0 Å². The van der Waals surface area contributed by atoms with Crippen LogP contribution in [0.5, 0.6) is 0 Å². The molecule has 3 aromatic carbocycles. The van der Waals surface area contributed by atoms with Gasteiger partial charge in [-0.3, -0.25) is 14.2 Å². The summed E-state index contributed by atoms with van der Waals surface area (Å²) in [4.78, 5) is 22.2. The number of benzene rings is 3. The smallest absolute Gasteiger partial charge is 0.296 e. The van der Waals surface area contributed by atoms with Crippen molar-refractivity contribution in [1.82, 2.24) is 19.4 Å². The molecule has 0 saturated carbocycles. The van der Waals surface area contributed by atoms with Gasteiger partial charge in [0.05, 0.1) is 26.6 Å². The van der Waals surface area contributed by atoms with Crippen LogP contribution in [0.15, 0.2) is 65.6 Å². The number of para-hydroxylation sites is 2. The molecule has 0 spiro atoms. The molecule has 2 bridgehead atoms. The summed E-state index contributed by atoms with van der Waals surface area (Å²) >= 11 is 12.6. The van der Waals surface area contributed by atoms with Crippen LogP contribution < -0.4 is 0 Å². The van der Waals surface area contributed by atoms with E-state index in [-0.39, 0.29) is 21.8 Å². The molecule has 12 heteroatoms. The van der Waals surface area contributed by atoms with Crippen molar-refractivity contribution in [1.29, 1.82) is 0 Å². The second-order valence-electron chi connectivity index (χ2n) is 13.3. The number of aromatic nitrogens is 2. The van der Waals surface area contributed by atoms with Crippen LogP contribution >= 0.6 is 23.2 Å². The minimum Gasteiger partial charge on any atom is -0.338 e. The number of nitrogens with zero attached hydrogens (tertiary/aromatic N) is 4. The minimum atomic E-state index is -4.65. The number of likely N-dealkylation sites (tertiary alicyclic amines) is 1. The molecule has 3 aliphatic heterocycles. The van der Waals surface area contributed by atoms with Gasteiger partial charge in [0, 0.05) is 31.2 Å². The lowest BCUT2D eigenvalue weighted by Crippen LogP contribution is -2.49. The Balaban J connectivity index is 1.09. The van der Waals surface area contributed by atoms with E-state index < -0.39 is 25.9 Å². The summed E-state index contributed by atoms with van der Waals surface area (Å²) in [6, 6.07) is 18.8. The number of rotatable bonds is 7. The van der Waals surface area contributed by atoms with Gasteiger partial charge < -0.3 is 9.47 Å². The summed E-state index contributed by atoms with van der Waals surface area (Å²) in [6.45, 7) is 3.70.